The number of halogens is 3. The summed E-state index contributed by atoms with van der Waals surface area (Å²) in [7, 11) is 1.41. The number of ether oxygens (including phenoxy) is 4. The Kier molecular flexibility index (Phi) is 15.1. The SMILES string of the molecule is COc1ccc(C(OC[C@H]2O[C@@H](n3cc4cc(CNC(=O)C(F)(F)F)[nH]c4nc3=O)C[C@@H]2OP(OCCC#N)N(C(C)C)C(C)C)(c2ccccc2)c2ccc(OC)cc2)cc1. The number of benzene rings is 3. The Labute approximate surface area is 358 Å². The molecule has 1 fully saturated rings. The smallest absolute Gasteiger partial charge is 0.471 e. The Bertz CT molecular complexity index is 2300. The summed E-state index contributed by atoms with van der Waals surface area (Å²) in [6.07, 6.45) is -5.73. The molecule has 0 bridgehead atoms. The largest absolute Gasteiger partial charge is 0.497 e. The minimum absolute atomic E-state index is 0.00943. The van der Waals surface area contributed by atoms with E-state index in [-0.39, 0.29) is 49.5 Å². The van der Waals surface area contributed by atoms with Gasteiger partial charge in [-0.25, -0.2) is 9.46 Å². The summed E-state index contributed by atoms with van der Waals surface area (Å²) in [5.74, 6) is -0.785. The number of nitrogens with one attached hydrogen (secondary N) is 2. The van der Waals surface area contributed by atoms with Crippen LogP contribution in [0.2, 0.25) is 0 Å². The van der Waals surface area contributed by atoms with Crippen molar-refractivity contribution in [2.24, 2.45) is 0 Å². The number of hydrogen-bond donors (Lipinski definition) is 2. The van der Waals surface area contributed by atoms with Gasteiger partial charge in [-0.2, -0.15) is 23.4 Å². The highest BCUT2D eigenvalue weighted by Crippen LogP contribution is 2.51. The number of nitrogens with zero attached hydrogens (tertiary/aromatic N) is 4. The number of nitriles is 1. The molecule has 14 nitrogen and oxygen atoms in total. The van der Waals surface area contributed by atoms with Crippen molar-refractivity contribution >= 4 is 25.5 Å². The molecule has 0 aliphatic carbocycles. The van der Waals surface area contributed by atoms with Crippen LogP contribution in [0.25, 0.3) is 11.0 Å². The van der Waals surface area contributed by atoms with E-state index < -0.39 is 56.9 Å². The first kappa shape index (κ1) is 46.2. The molecule has 0 radical (unpaired) electrons. The number of rotatable bonds is 19. The molecule has 62 heavy (non-hydrogen) atoms. The molecule has 1 amide bonds. The van der Waals surface area contributed by atoms with Gasteiger partial charge in [0, 0.05) is 35.8 Å². The zero-order valence-corrected chi connectivity index (χ0v) is 36.1. The van der Waals surface area contributed by atoms with Gasteiger partial charge >= 0.3 is 17.8 Å². The first-order valence-electron chi connectivity index (χ1n) is 20.0. The summed E-state index contributed by atoms with van der Waals surface area (Å²) in [6.45, 7) is 7.70. The molecule has 4 atom stereocenters. The average Bonchev–Trinajstić information content (AvgIpc) is 3.85. The van der Waals surface area contributed by atoms with Gasteiger partial charge in [-0.3, -0.25) is 9.36 Å². The van der Waals surface area contributed by atoms with E-state index in [4.69, 9.17) is 28.0 Å². The van der Waals surface area contributed by atoms with E-state index in [0.29, 0.717) is 16.9 Å². The van der Waals surface area contributed by atoms with E-state index >= 15 is 0 Å². The summed E-state index contributed by atoms with van der Waals surface area (Å²) in [5.41, 5.74) is 0.810. The Hall–Kier alpha value is -5.34. The van der Waals surface area contributed by atoms with E-state index in [0.717, 1.165) is 16.7 Å². The quantitative estimate of drug-likeness (QED) is 0.0472. The lowest BCUT2D eigenvalue weighted by Gasteiger charge is -2.39. The Morgan fingerprint density at radius 2 is 1.58 bits per heavy atom. The van der Waals surface area contributed by atoms with Crippen LogP contribution in [0.4, 0.5) is 13.2 Å². The lowest BCUT2D eigenvalue weighted by molar-refractivity contribution is -0.173. The molecule has 2 N–H and O–H groups in total. The zero-order chi connectivity index (χ0) is 44.6. The van der Waals surface area contributed by atoms with Crippen molar-refractivity contribution in [3.05, 3.63) is 124 Å². The van der Waals surface area contributed by atoms with Crippen LogP contribution in [-0.4, -0.2) is 83.0 Å². The van der Waals surface area contributed by atoms with Crippen LogP contribution < -0.4 is 20.5 Å². The number of hydrogen-bond acceptors (Lipinski definition) is 11. The molecule has 6 rings (SSSR count). The second-order valence-electron chi connectivity index (χ2n) is 15.1. The minimum atomic E-state index is -5.05. The van der Waals surface area contributed by atoms with Gasteiger partial charge in [0.15, 0.2) is 0 Å². The average molecular weight is 879 g/mol. The number of H-pyrrole nitrogens is 1. The molecule has 2 aromatic heterocycles. The summed E-state index contributed by atoms with van der Waals surface area (Å²) < 4.78 is 80.2. The number of fused-ring (bicyclic) bond motifs is 1. The van der Waals surface area contributed by atoms with Crippen molar-refractivity contribution in [3.8, 4) is 17.6 Å². The molecule has 5 aromatic rings. The van der Waals surface area contributed by atoms with Gasteiger partial charge in [0.05, 0.1) is 52.6 Å². The summed E-state index contributed by atoms with van der Waals surface area (Å²) >= 11 is 0. The van der Waals surface area contributed by atoms with Crippen LogP contribution in [0.3, 0.4) is 0 Å². The van der Waals surface area contributed by atoms with Crippen LogP contribution in [0.15, 0.2) is 95.9 Å². The van der Waals surface area contributed by atoms with Crippen molar-refractivity contribution in [1.82, 2.24) is 24.5 Å². The number of aromatic nitrogens is 3. The molecule has 1 unspecified atom stereocenters. The molecule has 330 valence electrons. The van der Waals surface area contributed by atoms with Crippen molar-refractivity contribution in [1.29, 1.82) is 5.26 Å². The van der Waals surface area contributed by atoms with E-state index in [2.05, 4.69) is 20.7 Å². The first-order valence-corrected chi connectivity index (χ1v) is 21.2. The van der Waals surface area contributed by atoms with Crippen LogP contribution in [-0.2, 0) is 35.5 Å². The molecule has 1 aliphatic heterocycles. The summed E-state index contributed by atoms with van der Waals surface area (Å²) in [6, 6.07) is 28.5. The van der Waals surface area contributed by atoms with Crippen LogP contribution in [0, 0.1) is 11.3 Å². The van der Waals surface area contributed by atoms with Gasteiger partial charge in [0.1, 0.15) is 35.1 Å². The first-order chi connectivity index (χ1) is 29.7. The third-order valence-electron chi connectivity index (χ3n) is 10.3. The lowest BCUT2D eigenvalue weighted by Crippen LogP contribution is -2.39. The summed E-state index contributed by atoms with van der Waals surface area (Å²) in [4.78, 5) is 32.1. The molecule has 3 aromatic carbocycles. The molecule has 1 saturated heterocycles. The number of carbonyl (C=O) groups excluding carboxylic acids is 1. The highest BCUT2D eigenvalue weighted by Gasteiger charge is 2.45. The van der Waals surface area contributed by atoms with Crippen LogP contribution in [0.5, 0.6) is 11.5 Å². The van der Waals surface area contributed by atoms with E-state index in [9.17, 15) is 28.0 Å². The third kappa shape index (κ3) is 10.5. The molecule has 1 aliphatic rings. The van der Waals surface area contributed by atoms with Crippen molar-refractivity contribution in [2.75, 3.05) is 27.4 Å². The lowest BCUT2D eigenvalue weighted by atomic mass is 9.80. The van der Waals surface area contributed by atoms with Crippen LogP contribution >= 0.6 is 8.53 Å². The summed E-state index contributed by atoms with van der Waals surface area (Å²) in [5, 5.41) is 11.6. The Morgan fingerprint density at radius 3 is 2.13 bits per heavy atom. The number of carbonyl (C=O) groups is 1. The van der Waals surface area contributed by atoms with E-state index in [1.807, 2.05) is 112 Å². The minimum Gasteiger partial charge on any atom is -0.497 e. The fourth-order valence-corrected chi connectivity index (χ4v) is 9.22. The molecule has 18 heteroatoms. The fraction of sp³-hybridized carbons (Fsp3) is 0.409. The zero-order valence-electron chi connectivity index (χ0n) is 35.2. The van der Waals surface area contributed by atoms with Gasteiger partial charge in [0.2, 0.25) is 0 Å². The number of aromatic amines is 1. The number of amides is 1. The normalized spacial score (nSPS) is 17.4. The van der Waals surface area contributed by atoms with Gasteiger partial charge in [-0.05, 0) is 74.7 Å². The topological polar surface area (TPSA) is 162 Å². The predicted molar refractivity (Wildman–Crippen MR) is 225 cm³/mol. The van der Waals surface area contributed by atoms with Crippen molar-refractivity contribution < 1.29 is 46.0 Å². The number of methoxy groups -OCH3 is 2. The third-order valence-corrected chi connectivity index (χ3v) is 12.5. The molecular weight excluding hydrogens is 828 g/mol. The monoisotopic (exact) mass is 878 g/mol. The van der Waals surface area contributed by atoms with E-state index in [1.165, 1.54) is 16.8 Å². The van der Waals surface area contributed by atoms with E-state index in [1.54, 1.807) is 14.2 Å². The van der Waals surface area contributed by atoms with Crippen LogP contribution in [0.1, 0.15) is 69.1 Å². The maximum atomic E-state index is 13.7. The second kappa shape index (κ2) is 20.2. The molecular formula is C44H50F3N6O8P. The highest BCUT2D eigenvalue weighted by molar-refractivity contribution is 7.44. The molecule has 0 saturated carbocycles. The van der Waals surface area contributed by atoms with Gasteiger partial charge in [0.25, 0.3) is 8.53 Å². The van der Waals surface area contributed by atoms with Crippen molar-refractivity contribution in [2.45, 2.75) is 89.4 Å². The predicted octanol–water partition coefficient (Wildman–Crippen LogP) is 7.88. The van der Waals surface area contributed by atoms with Gasteiger partial charge in [-0.1, -0.05) is 54.6 Å². The fourth-order valence-electron chi connectivity index (χ4n) is 7.47. The Morgan fingerprint density at radius 1 is 0.984 bits per heavy atom. The number of alkyl halides is 3. The molecule has 3 heterocycles. The van der Waals surface area contributed by atoms with Crippen molar-refractivity contribution in [3.63, 3.8) is 0 Å². The Balaban J connectivity index is 1.41. The standard InChI is InChI=1S/C44H50F3N6O8P/c1-28(2)53(29(3)4)62(59-22-10-21-48)61-37-24-39(52-26-30-23-34(50-40(30)51-42(52)55)25-49-41(54)44(45,46)47)60-38(37)27-58-43(31-11-8-7-9-12-31,32-13-17-35(56-5)18-14-32)33-15-19-36(57-6)20-16-33/h7-9,11-20,23,26,28-29,37-39H,10,22,24-25,27H2,1-6H3,(H,49,54)(H,50,51,55)/t37-,38+,39+,62?/m0/s1. The maximum Gasteiger partial charge on any atom is 0.471 e. The molecule has 0 spiro atoms. The van der Waals surface area contributed by atoms with Gasteiger partial charge < -0.3 is 38.3 Å². The highest BCUT2D eigenvalue weighted by atomic mass is 31.2. The second-order valence-corrected chi connectivity index (χ2v) is 16.5. The maximum absolute atomic E-state index is 13.7. The van der Waals surface area contributed by atoms with Gasteiger partial charge in [-0.15, -0.1) is 0 Å².